The Morgan fingerprint density at radius 1 is 0.712 bits per heavy atom. The zero-order valence-corrected chi connectivity index (χ0v) is 34.1. The fourth-order valence-corrected chi connectivity index (χ4v) is 8.97. The normalized spacial score (nSPS) is 18.6. The molecule has 304 valence electrons. The van der Waals surface area contributed by atoms with Crippen LogP contribution >= 0.6 is 0 Å². The number of rotatable bonds is 8. The van der Waals surface area contributed by atoms with E-state index in [4.69, 9.17) is 28.4 Å². The summed E-state index contributed by atoms with van der Waals surface area (Å²) in [5.41, 5.74) is 7.54. The topological polar surface area (TPSA) is 112 Å². The van der Waals surface area contributed by atoms with Crippen molar-refractivity contribution in [2.24, 2.45) is 0 Å². The van der Waals surface area contributed by atoms with Gasteiger partial charge in [0.25, 0.3) is 11.8 Å². The second kappa shape index (κ2) is 15.9. The van der Waals surface area contributed by atoms with Crippen LogP contribution in [0.3, 0.4) is 0 Å². The molecular formula is C47H48N4O8. The highest BCUT2D eigenvalue weighted by Crippen LogP contribution is 2.52. The number of amides is 2. The summed E-state index contributed by atoms with van der Waals surface area (Å²) in [7, 11) is 9.31. The lowest BCUT2D eigenvalue weighted by atomic mass is 9.87. The first-order chi connectivity index (χ1) is 28.7. The standard InChI is InChI=1S/C47H48N4O8/c1-49-18-14-30-24-39(54-3)41-26-34(30)36(49)21-28-7-10-32(11-8-28)58-40-23-29(22-37-43-31(15-19-50(37)2)25-42(55-4)44(56-5)45(43)59-41)9-12-38(40)57-20-6-17-51-46(52)33-13-16-48-27-35(33)47(51)53/h7-13,16,23-27,36-37H,6,14-15,17-22H2,1-5H3. The molecule has 4 aromatic carbocycles. The maximum Gasteiger partial charge on any atom is 0.263 e. The van der Waals surface area contributed by atoms with Crippen LogP contribution in [-0.2, 0) is 25.7 Å². The Kier molecular flexibility index (Phi) is 10.4. The minimum atomic E-state index is -0.331. The van der Waals surface area contributed by atoms with E-state index >= 15 is 0 Å². The van der Waals surface area contributed by atoms with E-state index in [1.165, 1.54) is 34.0 Å². The summed E-state index contributed by atoms with van der Waals surface area (Å²) in [5.74, 6) is 4.23. The lowest BCUT2D eigenvalue weighted by molar-refractivity contribution is 0.0646. The van der Waals surface area contributed by atoms with Gasteiger partial charge < -0.3 is 28.4 Å². The molecule has 6 heterocycles. The highest BCUT2D eigenvalue weighted by molar-refractivity contribution is 6.21. The average molecular weight is 797 g/mol. The molecule has 0 saturated carbocycles. The number of pyridine rings is 1. The van der Waals surface area contributed by atoms with Gasteiger partial charge in [0.15, 0.2) is 34.5 Å². The van der Waals surface area contributed by atoms with Crippen molar-refractivity contribution in [3.8, 4) is 46.0 Å². The van der Waals surface area contributed by atoms with Crippen LogP contribution in [0, 0.1) is 0 Å². The Morgan fingerprint density at radius 2 is 1.41 bits per heavy atom. The molecule has 5 aliphatic heterocycles. The number of benzene rings is 4. The number of methoxy groups -OCH3 is 3. The average Bonchev–Trinajstić information content (AvgIpc) is 3.49. The first-order valence-electron chi connectivity index (χ1n) is 20.1. The molecule has 12 nitrogen and oxygen atoms in total. The zero-order chi connectivity index (χ0) is 40.8. The van der Waals surface area contributed by atoms with Gasteiger partial charge in [-0.25, -0.2) is 0 Å². The predicted octanol–water partition coefficient (Wildman–Crippen LogP) is 7.61. The SMILES string of the molecule is COc1cc2c3cc1Oc1c(OC)c(OC)cc4c1C(Cc1ccc(OCCCN5C(=O)c6ccncc6C5=O)c(c1)Oc1ccc(cc1)CC3N(C)CC2)N(C)CC4. The molecular weight excluding hydrogens is 749 g/mol. The van der Waals surface area contributed by atoms with Gasteiger partial charge >= 0.3 is 0 Å². The van der Waals surface area contributed by atoms with Crippen molar-refractivity contribution in [1.82, 2.24) is 19.7 Å². The van der Waals surface area contributed by atoms with Crippen LogP contribution < -0.4 is 28.4 Å². The van der Waals surface area contributed by atoms with Crippen LogP contribution in [0.15, 0.2) is 79.1 Å². The van der Waals surface area contributed by atoms with Gasteiger partial charge in [-0.2, -0.15) is 0 Å². The second-order valence-corrected chi connectivity index (χ2v) is 15.6. The van der Waals surface area contributed by atoms with Crippen LogP contribution in [0.2, 0.25) is 0 Å². The van der Waals surface area contributed by atoms with Gasteiger partial charge in [-0.15, -0.1) is 0 Å². The number of hydrogen-bond acceptors (Lipinski definition) is 11. The molecule has 59 heavy (non-hydrogen) atoms. The van der Waals surface area contributed by atoms with Gasteiger partial charge in [0.1, 0.15) is 5.75 Å². The van der Waals surface area contributed by atoms with Crippen LogP contribution in [0.1, 0.15) is 72.6 Å². The summed E-state index contributed by atoms with van der Waals surface area (Å²) in [5, 5.41) is 0. The van der Waals surface area contributed by atoms with Gasteiger partial charge in [0.2, 0.25) is 5.75 Å². The minimum absolute atomic E-state index is 0.0938. The van der Waals surface area contributed by atoms with Gasteiger partial charge in [-0.05, 0) is 123 Å². The number of ether oxygens (including phenoxy) is 6. The van der Waals surface area contributed by atoms with E-state index in [2.05, 4.69) is 65.3 Å². The molecule has 12 heteroatoms. The summed E-state index contributed by atoms with van der Waals surface area (Å²) in [6.07, 6.45) is 6.54. The number of likely N-dealkylation sites (N-methyl/N-ethyl adjacent to an activating group) is 2. The van der Waals surface area contributed by atoms with E-state index in [0.717, 1.165) is 49.0 Å². The van der Waals surface area contributed by atoms with Gasteiger partial charge in [-0.1, -0.05) is 18.2 Å². The van der Waals surface area contributed by atoms with Crippen molar-refractivity contribution in [3.63, 3.8) is 0 Å². The molecule has 0 saturated heterocycles. The Bertz CT molecular complexity index is 2400. The van der Waals surface area contributed by atoms with Crippen molar-refractivity contribution < 1.29 is 38.0 Å². The zero-order valence-electron chi connectivity index (χ0n) is 34.1. The van der Waals surface area contributed by atoms with Gasteiger partial charge in [0, 0.05) is 49.7 Å². The third-order valence-electron chi connectivity index (χ3n) is 12.2. The number of aromatic nitrogens is 1. The van der Waals surface area contributed by atoms with E-state index < -0.39 is 0 Å². The highest BCUT2D eigenvalue weighted by Gasteiger charge is 2.36. The molecule has 6 bridgehead atoms. The minimum Gasteiger partial charge on any atom is -0.493 e. The monoisotopic (exact) mass is 796 g/mol. The smallest absolute Gasteiger partial charge is 0.263 e. The summed E-state index contributed by atoms with van der Waals surface area (Å²) >= 11 is 0. The van der Waals surface area contributed by atoms with Crippen LogP contribution in [0.4, 0.5) is 0 Å². The van der Waals surface area contributed by atoms with E-state index in [-0.39, 0.29) is 37.0 Å². The summed E-state index contributed by atoms with van der Waals surface area (Å²) < 4.78 is 38.1. The molecule has 5 aliphatic rings. The van der Waals surface area contributed by atoms with Crippen LogP contribution in [0.25, 0.3) is 0 Å². The van der Waals surface area contributed by atoms with Crippen molar-refractivity contribution in [1.29, 1.82) is 0 Å². The molecule has 2 unspecified atom stereocenters. The molecule has 2 atom stereocenters. The Morgan fingerprint density at radius 3 is 2.17 bits per heavy atom. The molecule has 0 spiro atoms. The number of carbonyl (C=O) groups is 2. The first kappa shape index (κ1) is 38.4. The maximum absolute atomic E-state index is 12.9. The molecule has 10 rings (SSSR count). The molecule has 1 aromatic heterocycles. The fourth-order valence-electron chi connectivity index (χ4n) is 8.97. The summed E-state index contributed by atoms with van der Waals surface area (Å²) in [4.78, 5) is 35.9. The molecule has 0 N–H and O–H groups in total. The summed E-state index contributed by atoms with van der Waals surface area (Å²) in [6.45, 7) is 2.24. The van der Waals surface area contributed by atoms with Gasteiger partial charge in [-0.3, -0.25) is 29.3 Å². The number of fused-ring (bicyclic) bond motifs is 3. The maximum atomic E-state index is 12.9. The van der Waals surface area contributed by atoms with Crippen LogP contribution in [0.5, 0.6) is 46.0 Å². The third-order valence-corrected chi connectivity index (χ3v) is 12.2. The Labute approximate surface area is 344 Å². The number of carbonyl (C=O) groups excluding carboxylic acids is 2. The van der Waals surface area contributed by atoms with Crippen LogP contribution in [-0.4, -0.2) is 93.2 Å². The van der Waals surface area contributed by atoms with E-state index in [1.54, 1.807) is 27.4 Å². The number of hydrogen-bond donors (Lipinski definition) is 0. The fraction of sp³-hybridized carbons (Fsp3) is 0.340. The predicted molar refractivity (Wildman–Crippen MR) is 221 cm³/mol. The van der Waals surface area contributed by atoms with Crippen molar-refractivity contribution >= 4 is 11.8 Å². The molecule has 2 amide bonds. The van der Waals surface area contributed by atoms with Gasteiger partial charge in [0.05, 0.1) is 39.1 Å². The Hall–Kier alpha value is -6.11. The van der Waals surface area contributed by atoms with Crippen molar-refractivity contribution in [2.75, 3.05) is 61.7 Å². The summed E-state index contributed by atoms with van der Waals surface area (Å²) in [6, 6.07) is 22.3. The lowest BCUT2D eigenvalue weighted by Gasteiger charge is -2.37. The first-order valence-corrected chi connectivity index (χ1v) is 20.1. The third kappa shape index (κ3) is 7.10. The van der Waals surface area contributed by atoms with Crippen molar-refractivity contribution in [2.45, 2.75) is 44.2 Å². The van der Waals surface area contributed by atoms with E-state index in [1.807, 2.05) is 24.3 Å². The second-order valence-electron chi connectivity index (χ2n) is 15.6. The van der Waals surface area contributed by atoms with Crippen molar-refractivity contribution in [3.05, 3.63) is 124 Å². The number of imide groups is 1. The molecule has 0 fully saturated rings. The molecule has 5 aromatic rings. The number of nitrogens with zero attached hydrogens (tertiary/aromatic N) is 4. The highest BCUT2D eigenvalue weighted by atomic mass is 16.5. The van der Waals surface area contributed by atoms with E-state index in [9.17, 15) is 9.59 Å². The lowest BCUT2D eigenvalue weighted by Crippen LogP contribution is -2.34. The quantitative estimate of drug-likeness (QED) is 0.114. The molecule has 0 aliphatic carbocycles. The van der Waals surface area contributed by atoms with E-state index in [0.29, 0.717) is 70.0 Å². The molecule has 0 radical (unpaired) electrons. The largest absolute Gasteiger partial charge is 0.493 e. The Balaban J connectivity index is 1.10.